The number of carbonyl (C=O) groups excluding carboxylic acids is 1. The van der Waals surface area contributed by atoms with Crippen LogP contribution < -0.4 is 0 Å². The van der Waals surface area contributed by atoms with E-state index in [2.05, 4.69) is 4.98 Å². The number of morpholine rings is 1. The molecule has 0 spiro atoms. The Morgan fingerprint density at radius 3 is 2.52 bits per heavy atom. The lowest BCUT2D eigenvalue weighted by Crippen LogP contribution is -2.40. The second kappa shape index (κ2) is 9.45. The Morgan fingerprint density at radius 1 is 1.11 bits per heavy atom. The van der Waals surface area contributed by atoms with Crippen LogP contribution >= 0.6 is 11.8 Å². The number of Topliss-reactive ketones (excluding diaryl/α,β-unsaturated/α-hetero) is 1. The highest BCUT2D eigenvalue weighted by Crippen LogP contribution is 2.21. The van der Waals surface area contributed by atoms with E-state index in [0.29, 0.717) is 32.7 Å². The maximum atomic E-state index is 12.6. The Labute approximate surface area is 164 Å². The molecule has 1 saturated heterocycles. The number of hydrogen-bond acceptors (Lipinski definition) is 6. The van der Waals surface area contributed by atoms with Crippen molar-refractivity contribution in [2.24, 2.45) is 0 Å². The van der Waals surface area contributed by atoms with Crippen molar-refractivity contribution in [3.8, 4) is 0 Å². The van der Waals surface area contributed by atoms with E-state index in [1.54, 1.807) is 12.1 Å². The van der Waals surface area contributed by atoms with E-state index in [-0.39, 0.29) is 10.7 Å². The maximum absolute atomic E-state index is 12.6. The molecule has 1 aliphatic rings. The molecule has 0 saturated carbocycles. The average Bonchev–Trinajstić information content (AvgIpc) is 2.72. The molecule has 0 radical (unpaired) electrons. The summed E-state index contributed by atoms with van der Waals surface area (Å²) in [5.41, 5.74) is 0.735. The Morgan fingerprint density at radius 2 is 1.85 bits per heavy atom. The summed E-state index contributed by atoms with van der Waals surface area (Å²) in [4.78, 5) is 16.5. The van der Waals surface area contributed by atoms with Gasteiger partial charge in [0.05, 0.1) is 18.2 Å². The number of sulfonamides is 1. The molecule has 1 aromatic heterocycles. The molecule has 2 aromatic rings. The summed E-state index contributed by atoms with van der Waals surface area (Å²) in [5.74, 6) is 0.886. The van der Waals surface area contributed by atoms with Crippen LogP contribution in [0.5, 0.6) is 0 Å². The highest BCUT2D eigenvalue weighted by atomic mass is 32.2. The van der Waals surface area contributed by atoms with E-state index in [0.717, 1.165) is 22.8 Å². The van der Waals surface area contributed by atoms with Gasteiger partial charge in [0.1, 0.15) is 4.90 Å². The summed E-state index contributed by atoms with van der Waals surface area (Å²) in [7, 11) is -3.51. The average molecular weight is 407 g/mol. The van der Waals surface area contributed by atoms with Gasteiger partial charge in [-0.05, 0) is 24.3 Å². The second-order valence-electron chi connectivity index (χ2n) is 6.09. The number of aromatic nitrogens is 1. The third-order valence-electron chi connectivity index (χ3n) is 4.21. The molecule has 0 aliphatic carbocycles. The first-order valence-corrected chi connectivity index (χ1v) is 11.2. The zero-order valence-corrected chi connectivity index (χ0v) is 16.5. The Hall–Kier alpha value is -1.74. The van der Waals surface area contributed by atoms with Crippen LogP contribution in [0.15, 0.2) is 58.6 Å². The summed E-state index contributed by atoms with van der Waals surface area (Å²) >= 11 is 1.52. The van der Waals surface area contributed by atoms with Gasteiger partial charge in [0.2, 0.25) is 10.0 Å². The number of rotatable bonds is 8. The lowest BCUT2D eigenvalue weighted by atomic mass is 10.1. The topological polar surface area (TPSA) is 76.6 Å². The predicted molar refractivity (Wildman–Crippen MR) is 105 cm³/mol. The van der Waals surface area contributed by atoms with Gasteiger partial charge in [0, 0.05) is 31.3 Å². The standard InChI is InChI=1S/C19H22N2O4S2/c22-18(16-5-2-1-3-6-16)7-4-14-26-19-9-8-17(15-20-19)27(23,24)21-10-12-25-13-11-21/h1-3,5-6,8-9,15H,4,7,10-14H2. The first kappa shape index (κ1) is 20.0. The van der Waals surface area contributed by atoms with Crippen molar-refractivity contribution in [2.75, 3.05) is 32.1 Å². The molecule has 1 fully saturated rings. The minimum Gasteiger partial charge on any atom is -0.379 e. The van der Waals surface area contributed by atoms with E-state index < -0.39 is 10.0 Å². The molecule has 8 heteroatoms. The zero-order valence-electron chi connectivity index (χ0n) is 14.9. The van der Waals surface area contributed by atoms with Crippen LogP contribution in [0.2, 0.25) is 0 Å². The molecular weight excluding hydrogens is 384 g/mol. The first-order chi connectivity index (χ1) is 13.1. The van der Waals surface area contributed by atoms with Crippen LogP contribution in [0.1, 0.15) is 23.2 Å². The Balaban J connectivity index is 1.48. The third kappa shape index (κ3) is 5.38. The van der Waals surface area contributed by atoms with Gasteiger partial charge in [-0.25, -0.2) is 13.4 Å². The van der Waals surface area contributed by atoms with Crippen molar-refractivity contribution in [3.63, 3.8) is 0 Å². The first-order valence-electron chi connectivity index (χ1n) is 8.82. The fourth-order valence-electron chi connectivity index (χ4n) is 2.72. The monoisotopic (exact) mass is 406 g/mol. The normalized spacial score (nSPS) is 15.6. The minimum absolute atomic E-state index is 0.135. The number of carbonyl (C=O) groups is 1. The highest BCUT2D eigenvalue weighted by Gasteiger charge is 2.26. The van der Waals surface area contributed by atoms with Gasteiger partial charge >= 0.3 is 0 Å². The lowest BCUT2D eigenvalue weighted by molar-refractivity contribution is 0.0730. The van der Waals surface area contributed by atoms with Crippen LogP contribution in [0.25, 0.3) is 0 Å². The zero-order chi connectivity index (χ0) is 19.1. The molecule has 0 atom stereocenters. The van der Waals surface area contributed by atoms with Crippen LogP contribution in [0, 0.1) is 0 Å². The minimum atomic E-state index is -3.51. The lowest BCUT2D eigenvalue weighted by Gasteiger charge is -2.25. The molecule has 0 unspecified atom stereocenters. The number of thioether (sulfide) groups is 1. The molecule has 2 heterocycles. The highest BCUT2D eigenvalue weighted by molar-refractivity contribution is 7.99. The molecule has 27 heavy (non-hydrogen) atoms. The van der Waals surface area contributed by atoms with Crippen molar-refractivity contribution in [1.29, 1.82) is 0 Å². The number of hydrogen-bond donors (Lipinski definition) is 0. The maximum Gasteiger partial charge on any atom is 0.244 e. The van der Waals surface area contributed by atoms with E-state index in [1.165, 1.54) is 22.3 Å². The molecule has 6 nitrogen and oxygen atoms in total. The summed E-state index contributed by atoms with van der Waals surface area (Å²) in [6.07, 6.45) is 2.64. The fourth-order valence-corrected chi connectivity index (χ4v) is 4.86. The second-order valence-corrected chi connectivity index (χ2v) is 9.14. The summed E-state index contributed by atoms with van der Waals surface area (Å²) < 4.78 is 31.7. The molecule has 3 rings (SSSR count). The predicted octanol–water partition coefficient (Wildman–Crippen LogP) is 2.86. The summed E-state index contributed by atoms with van der Waals surface area (Å²) in [6.45, 7) is 1.58. The van der Waals surface area contributed by atoms with Gasteiger partial charge in [0.15, 0.2) is 5.78 Å². The fraction of sp³-hybridized carbons (Fsp3) is 0.368. The van der Waals surface area contributed by atoms with Crippen molar-refractivity contribution >= 4 is 27.6 Å². The van der Waals surface area contributed by atoms with Crippen molar-refractivity contribution < 1.29 is 17.9 Å². The van der Waals surface area contributed by atoms with Gasteiger partial charge in [-0.3, -0.25) is 4.79 Å². The van der Waals surface area contributed by atoms with Crippen LogP contribution in [-0.4, -0.2) is 55.5 Å². The Bertz CT molecular complexity index is 849. The molecule has 0 amide bonds. The van der Waals surface area contributed by atoms with E-state index in [9.17, 15) is 13.2 Å². The molecule has 0 bridgehead atoms. The summed E-state index contributed by atoms with van der Waals surface area (Å²) in [5, 5.41) is 0.753. The molecular formula is C19H22N2O4S2. The van der Waals surface area contributed by atoms with Crippen LogP contribution in [0.3, 0.4) is 0 Å². The van der Waals surface area contributed by atoms with Crippen LogP contribution in [-0.2, 0) is 14.8 Å². The van der Waals surface area contributed by atoms with Crippen molar-refractivity contribution in [3.05, 3.63) is 54.2 Å². The van der Waals surface area contributed by atoms with Gasteiger partial charge in [0.25, 0.3) is 0 Å². The molecule has 1 aromatic carbocycles. The van der Waals surface area contributed by atoms with Gasteiger partial charge < -0.3 is 4.74 Å². The number of benzene rings is 1. The number of pyridine rings is 1. The van der Waals surface area contributed by atoms with E-state index >= 15 is 0 Å². The van der Waals surface area contributed by atoms with Crippen molar-refractivity contribution in [1.82, 2.24) is 9.29 Å². The van der Waals surface area contributed by atoms with E-state index in [1.807, 2.05) is 30.3 Å². The third-order valence-corrected chi connectivity index (χ3v) is 7.12. The molecule has 1 aliphatic heterocycles. The smallest absolute Gasteiger partial charge is 0.244 e. The van der Waals surface area contributed by atoms with Gasteiger partial charge in [-0.1, -0.05) is 30.3 Å². The van der Waals surface area contributed by atoms with Gasteiger partial charge in [-0.2, -0.15) is 4.31 Å². The largest absolute Gasteiger partial charge is 0.379 e. The quantitative estimate of drug-likeness (QED) is 0.381. The van der Waals surface area contributed by atoms with Gasteiger partial charge in [-0.15, -0.1) is 11.8 Å². The SMILES string of the molecule is O=C(CCCSc1ccc(S(=O)(=O)N2CCOCC2)cn1)c1ccccc1. The molecule has 0 N–H and O–H groups in total. The number of nitrogens with zero attached hydrogens (tertiary/aromatic N) is 2. The Kier molecular flexibility index (Phi) is 7.01. The van der Waals surface area contributed by atoms with Crippen molar-refractivity contribution in [2.45, 2.75) is 22.8 Å². The summed E-state index contributed by atoms with van der Waals surface area (Å²) in [6, 6.07) is 12.6. The van der Waals surface area contributed by atoms with Crippen LogP contribution in [0.4, 0.5) is 0 Å². The number of ketones is 1. The molecule has 144 valence electrons. The number of ether oxygens (including phenoxy) is 1. The van der Waals surface area contributed by atoms with E-state index in [4.69, 9.17) is 4.74 Å².